The molecule has 0 aromatic heterocycles. The molecule has 0 aliphatic rings. The van der Waals surface area contributed by atoms with Gasteiger partial charge < -0.3 is 20.9 Å². The van der Waals surface area contributed by atoms with Gasteiger partial charge in [0.25, 0.3) is 0 Å². The molecule has 0 radical (unpaired) electrons. The van der Waals surface area contributed by atoms with E-state index in [4.69, 9.17) is 15.6 Å². The highest BCUT2D eigenvalue weighted by atomic mass is 16.5. The molecule has 6 heteroatoms. The lowest BCUT2D eigenvalue weighted by atomic mass is 10.1. The van der Waals surface area contributed by atoms with E-state index in [2.05, 4.69) is 5.32 Å². The van der Waals surface area contributed by atoms with Gasteiger partial charge in [0.2, 0.25) is 5.91 Å². The van der Waals surface area contributed by atoms with Gasteiger partial charge in [-0.05, 0) is 5.56 Å². The molecule has 4 N–H and O–H groups in total. The number of nitrogens with one attached hydrogen (secondary N) is 1. The summed E-state index contributed by atoms with van der Waals surface area (Å²) >= 11 is 0. The number of carboxylic acids is 1. The van der Waals surface area contributed by atoms with Crippen molar-refractivity contribution in [3.05, 3.63) is 35.9 Å². The summed E-state index contributed by atoms with van der Waals surface area (Å²) in [5.41, 5.74) is 6.01. The first-order valence-corrected chi connectivity index (χ1v) is 5.39. The van der Waals surface area contributed by atoms with Crippen molar-refractivity contribution < 1.29 is 19.4 Å². The fourth-order valence-corrected chi connectivity index (χ4v) is 1.44. The second-order valence-electron chi connectivity index (χ2n) is 3.75. The molecule has 98 valence electrons. The summed E-state index contributed by atoms with van der Waals surface area (Å²) in [6.45, 7) is 0.0347. The van der Waals surface area contributed by atoms with Crippen LogP contribution in [0.5, 0.6) is 0 Å². The Kier molecular flexibility index (Phi) is 5.29. The van der Waals surface area contributed by atoms with Gasteiger partial charge in [-0.2, -0.15) is 0 Å². The topological polar surface area (TPSA) is 102 Å². The summed E-state index contributed by atoms with van der Waals surface area (Å²) < 4.78 is 4.74. The molecule has 1 aromatic carbocycles. The van der Waals surface area contributed by atoms with Crippen molar-refractivity contribution in [1.82, 2.24) is 5.32 Å². The maximum atomic E-state index is 11.6. The molecule has 1 rings (SSSR count). The molecule has 6 nitrogen and oxygen atoms in total. The molecule has 1 aromatic rings. The van der Waals surface area contributed by atoms with E-state index in [9.17, 15) is 9.59 Å². The smallest absolute Gasteiger partial charge is 0.330 e. The minimum absolute atomic E-state index is 0.0347. The molecule has 2 unspecified atom stereocenters. The van der Waals surface area contributed by atoms with Crippen LogP contribution in [0.4, 0.5) is 0 Å². The summed E-state index contributed by atoms with van der Waals surface area (Å²) in [6, 6.07) is 6.42. The number of carbonyl (C=O) groups is 2. The van der Waals surface area contributed by atoms with E-state index in [1.54, 1.807) is 30.3 Å². The summed E-state index contributed by atoms with van der Waals surface area (Å²) in [5.74, 6) is -1.70. The van der Waals surface area contributed by atoms with E-state index in [0.29, 0.717) is 5.56 Å². The lowest BCUT2D eigenvalue weighted by Gasteiger charge is -2.17. The summed E-state index contributed by atoms with van der Waals surface area (Å²) in [6.07, 6.45) is 0. The Bertz CT molecular complexity index is 408. The maximum Gasteiger partial charge on any atom is 0.330 e. The molecule has 0 spiro atoms. The SMILES string of the molecule is COCC(N)C(=O)NC(C(=O)O)c1ccccc1. The Morgan fingerprint density at radius 1 is 1.39 bits per heavy atom. The molecular weight excluding hydrogens is 236 g/mol. The van der Waals surface area contributed by atoms with Gasteiger partial charge in [-0.25, -0.2) is 4.79 Å². The average molecular weight is 252 g/mol. The van der Waals surface area contributed by atoms with Gasteiger partial charge in [0.1, 0.15) is 6.04 Å². The van der Waals surface area contributed by atoms with E-state index in [-0.39, 0.29) is 6.61 Å². The highest BCUT2D eigenvalue weighted by Gasteiger charge is 2.24. The van der Waals surface area contributed by atoms with Crippen LogP contribution in [0.25, 0.3) is 0 Å². The lowest BCUT2D eigenvalue weighted by Crippen LogP contribution is -2.46. The number of amides is 1. The average Bonchev–Trinajstić information content (AvgIpc) is 2.36. The standard InChI is InChI=1S/C12H16N2O4/c1-18-7-9(13)11(15)14-10(12(16)17)8-5-3-2-4-6-8/h2-6,9-10H,7,13H2,1H3,(H,14,15)(H,16,17). The monoisotopic (exact) mass is 252 g/mol. The first-order chi connectivity index (χ1) is 8.56. The van der Waals surface area contributed by atoms with E-state index < -0.39 is 24.0 Å². The molecule has 18 heavy (non-hydrogen) atoms. The molecule has 0 heterocycles. The third-order valence-electron chi connectivity index (χ3n) is 2.35. The van der Waals surface area contributed by atoms with Crippen molar-refractivity contribution in [2.24, 2.45) is 5.73 Å². The predicted molar refractivity (Wildman–Crippen MR) is 64.8 cm³/mol. The number of carboxylic acid groups (broad SMARTS) is 1. The number of rotatable bonds is 6. The fraction of sp³-hybridized carbons (Fsp3) is 0.333. The van der Waals surface area contributed by atoms with Crippen LogP contribution >= 0.6 is 0 Å². The molecule has 0 aliphatic carbocycles. The second kappa shape index (κ2) is 6.73. The molecule has 0 bridgehead atoms. The van der Waals surface area contributed by atoms with Gasteiger partial charge in [0.15, 0.2) is 6.04 Å². The zero-order valence-electron chi connectivity index (χ0n) is 10.00. The van der Waals surface area contributed by atoms with Gasteiger partial charge >= 0.3 is 5.97 Å². The van der Waals surface area contributed by atoms with Gasteiger partial charge in [0, 0.05) is 7.11 Å². The number of ether oxygens (including phenoxy) is 1. The van der Waals surface area contributed by atoms with Crippen molar-refractivity contribution in [3.8, 4) is 0 Å². The lowest BCUT2D eigenvalue weighted by molar-refractivity contribution is -0.142. The van der Waals surface area contributed by atoms with Crippen molar-refractivity contribution in [1.29, 1.82) is 0 Å². The summed E-state index contributed by atoms with van der Waals surface area (Å²) in [5, 5.41) is 11.5. The molecule has 2 atom stereocenters. The van der Waals surface area contributed by atoms with Crippen LogP contribution in [0.3, 0.4) is 0 Å². The van der Waals surface area contributed by atoms with E-state index >= 15 is 0 Å². The number of methoxy groups -OCH3 is 1. The Labute approximate surface area is 105 Å². The van der Waals surface area contributed by atoms with Crippen molar-refractivity contribution >= 4 is 11.9 Å². The highest BCUT2D eigenvalue weighted by Crippen LogP contribution is 2.12. The number of hydrogen-bond donors (Lipinski definition) is 3. The Hall–Kier alpha value is -1.92. The Balaban J connectivity index is 2.76. The number of hydrogen-bond acceptors (Lipinski definition) is 4. The number of carbonyl (C=O) groups excluding carboxylic acids is 1. The van der Waals surface area contributed by atoms with E-state index in [1.807, 2.05) is 0 Å². The van der Waals surface area contributed by atoms with Crippen LogP contribution in [-0.4, -0.2) is 36.7 Å². The third-order valence-corrected chi connectivity index (χ3v) is 2.35. The molecule has 0 aliphatic heterocycles. The van der Waals surface area contributed by atoms with Gasteiger partial charge in [-0.3, -0.25) is 4.79 Å². The first kappa shape index (κ1) is 14.1. The van der Waals surface area contributed by atoms with Crippen molar-refractivity contribution in [3.63, 3.8) is 0 Å². The van der Waals surface area contributed by atoms with Crippen LogP contribution in [0, 0.1) is 0 Å². The minimum Gasteiger partial charge on any atom is -0.479 e. The minimum atomic E-state index is -1.14. The summed E-state index contributed by atoms with van der Waals surface area (Å²) in [4.78, 5) is 22.8. The van der Waals surface area contributed by atoms with Crippen LogP contribution < -0.4 is 11.1 Å². The molecule has 0 saturated carbocycles. The predicted octanol–water partition coefficient (Wildman–Crippen LogP) is -0.0978. The molecule has 0 fully saturated rings. The van der Waals surface area contributed by atoms with Crippen LogP contribution in [0.1, 0.15) is 11.6 Å². The van der Waals surface area contributed by atoms with Crippen LogP contribution in [-0.2, 0) is 14.3 Å². The zero-order chi connectivity index (χ0) is 13.5. The largest absolute Gasteiger partial charge is 0.479 e. The van der Waals surface area contributed by atoms with Gasteiger partial charge in [-0.15, -0.1) is 0 Å². The number of aliphatic carboxylic acids is 1. The second-order valence-corrected chi connectivity index (χ2v) is 3.75. The third kappa shape index (κ3) is 3.83. The van der Waals surface area contributed by atoms with E-state index in [0.717, 1.165) is 0 Å². The molecular formula is C12H16N2O4. The van der Waals surface area contributed by atoms with Gasteiger partial charge in [0.05, 0.1) is 6.61 Å². The van der Waals surface area contributed by atoms with E-state index in [1.165, 1.54) is 7.11 Å². The van der Waals surface area contributed by atoms with Crippen LogP contribution in [0.2, 0.25) is 0 Å². The Morgan fingerprint density at radius 3 is 2.50 bits per heavy atom. The zero-order valence-corrected chi connectivity index (χ0v) is 10.00. The maximum absolute atomic E-state index is 11.6. The van der Waals surface area contributed by atoms with Crippen molar-refractivity contribution in [2.75, 3.05) is 13.7 Å². The Morgan fingerprint density at radius 2 is 2.00 bits per heavy atom. The molecule has 1 amide bonds. The van der Waals surface area contributed by atoms with Crippen LogP contribution in [0.15, 0.2) is 30.3 Å². The summed E-state index contributed by atoms with van der Waals surface area (Å²) in [7, 11) is 1.42. The number of benzene rings is 1. The number of nitrogens with two attached hydrogens (primary N) is 1. The quantitative estimate of drug-likeness (QED) is 0.656. The normalized spacial score (nSPS) is 13.7. The highest BCUT2D eigenvalue weighted by molar-refractivity contribution is 5.87. The van der Waals surface area contributed by atoms with Crippen molar-refractivity contribution in [2.45, 2.75) is 12.1 Å². The fourth-order valence-electron chi connectivity index (χ4n) is 1.44. The molecule has 0 saturated heterocycles. The first-order valence-electron chi connectivity index (χ1n) is 5.39. The van der Waals surface area contributed by atoms with Gasteiger partial charge in [-0.1, -0.05) is 30.3 Å².